The van der Waals surface area contributed by atoms with E-state index in [1.807, 2.05) is 13.0 Å². The zero-order valence-electron chi connectivity index (χ0n) is 10.8. The monoisotopic (exact) mass is 240 g/mol. The van der Waals surface area contributed by atoms with Crippen LogP contribution in [0, 0.1) is 13.0 Å². The Bertz CT molecular complexity index is 506. The molecule has 18 heavy (non-hydrogen) atoms. The van der Waals surface area contributed by atoms with Crippen LogP contribution in [-0.2, 0) is 0 Å². The third-order valence-corrected chi connectivity index (χ3v) is 3.54. The molecular formula is C16H18NO. The van der Waals surface area contributed by atoms with Crippen LogP contribution in [0.1, 0.15) is 25.0 Å². The number of piperidine rings is 1. The minimum atomic E-state index is 0.838. The van der Waals surface area contributed by atoms with Crippen molar-refractivity contribution in [2.45, 2.75) is 26.2 Å². The Morgan fingerprint density at radius 3 is 2.39 bits per heavy atom. The Hall–Kier alpha value is -1.70. The lowest BCUT2D eigenvalue weighted by Crippen LogP contribution is -2.29. The van der Waals surface area contributed by atoms with Gasteiger partial charge in [0.25, 0.3) is 0 Å². The fourth-order valence-electron chi connectivity index (χ4n) is 2.52. The smallest absolute Gasteiger partial charge is 0.134 e. The van der Waals surface area contributed by atoms with Crippen LogP contribution in [-0.4, -0.2) is 13.1 Å². The maximum Gasteiger partial charge on any atom is 0.134 e. The summed E-state index contributed by atoms with van der Waals surface area (Å²) < 4.78 is 5.59. The molecule has 2 heterocycles. The van der Waals surface area contributed by atoms with Crippen molar-refractivity contribution in [3.05, 3.63) is 42.2 Å². The predicted molar refractivity (Wildman–Crippen MR) is 73.8 cm³/mol. The fourth-order valence-corrected chi connectivity index (χ4v) is 2.52. The number of benzene rings is 1. The first kappa shape index (κ1) is 11.4. The van der Waals surface area contributed by atoms with E-state index < -0.39 is 0 Å². The Morgan fingerprint density at radius 2 is 1.78 bits per heavy atom. The van der Waals surface area contributed by atoms with Crippen molar-refractivity contribution in [3.63, 3.8) is 0 Å². The highest BCUT2D eigenvalue weighted by atomic mass is 16.3. The zero-order valence-corrected chi connectivity index (χ0v) is 10.8. The summed E-state index contributed by atoms with van der Waals surface area (Å²) in [6.07, 6.45) is 4.00. The lowest BCUT2D eigenvalue weighted by atomic mass is 10.1. The molecule has 1 aliphatic heterocycles. The van der Waals surface area contributed by atoms with Gasteiger partial charge in [-0.25, -0.2) is 0 Å². The van der Waals surface area contributed by atoms with Crippen LogP contribution < -0.4 is 4.90 Å². The standard InChI is InChI=1S/C16H18NO/c1-13-5-10-16(18-13)14-6-8-15(9-7-14)17-11-3-2-4-12-17/h6-10H,2-4,11-12H2,1H3. The van der Waals surface area contributed by atoms with Gasteiger partial charge in [-0.05, 0) is 56.5 Å². The van der Waals surface area contributed by atoms with E-state index in [4.69, 9.17) is 4.42 Å². The number of anilines is 1. The molecule has 1 radical (unpaired) electrons. The highest BCUT2D eigenvalue weighted by molar-refractivity contribution is 5.62. The third-order valence-electron chi connectivity index (χ3n) is 3.54. The van der Waals surface area contributed by atoms with E-state index in [-0.39, 0.29) is 0 Å². The summed E-state index contributed by atoms with van der Waals surface area (Å²) in [6, 6.07) is 13.6. The average Bonchev–Trinajstić information content (AvgIpc) is 2.87. The van der Waals surface area contributed by atoms with E-state index in [1.165, 1.54) is 38.0 Å². The van der Waals surface area contributed by atoms with Gasteiger partial charge in [0.15, 0.2) is 0 Å². The van der Waals surface area contributed by atoms with Gasteiger partial charge in [0, 0.05) is 30.4 Å². The summed E-state index contributed by atoms with van der Waals surface area (Å²) in [4.78, 5) is 2.47. The third kappa shape index (κ3) is 2.28. The van der Waals surface area contributed by atoms with Crippen molar-refractivity contribution < 1.29 is 4.42 Å². The van der Waals surface area contributed by atoms with Crippen molar-refractivity contribution in [2.75, 3.05) is 18.0 Å². The largest absolute Gasteiger partial charge is 0.461 e. The maximum atomic E-state index is 5.59. The van der Waals surface area contributed by atoms with Gasteiger partial charge in [-0.15, -0.1) is 0 Å². The van der Waals surface area contributed by atoms with E-state index in [0.717, 1.165) is 17.1 Å². The average molecular weight is 240 g/mol. The highest BCUT2D eigenvalue weighted by Gasteiger charge is 2.11. The molecule has 0 aliphatic carbocycles. The first-order valence-corrected chi connectivity index (χ1v) is 6.66. The minimum absolute atomic E-state index is 0.838. The number of nitrogens with zero attached hydrogens (tertiary/aromatic N) is 1. The molecule has 2 nitrogen and oxygen atoms in total. The SMILES string of the molecule is Cc1[c]cc(-c2ccc(N3CCCCC3)cc2)o1. The molecule has 0 spiro atoms. The van der Waals surface area contributed by atoms with Gasteiger partial charge in [-0.3, -0.25) is 0 Å². The molecule has 1 fully saturated rings. The lowest BCUT2D eigenvalue weighted by Gasteiger charge is -2.28. The van der Waals surface area contributed by atoms with Crippen molar-refractivity contribution >= 4 is 5.69 Å². The molecule has 0 saturated carbocycles. The Labute approximate surface area is 108 Å². The topological polar surface area (TPSA) is 16.4 Å². The molecular weight excluding hydrogens is 222 g/mol. The van der Waals surface area contributed by atoms with Crippen molar-refractivity contribution in [3.8, 4) is 11.3 Å². The summed E-state index contributed by atoms with van der Waals surface area (Å²) >= 11 is 0. The van der Waals surface area contributed by atoms with Crippen LogP contribution in [0.3, 0.4) is 0 Å². The van der Waals surface area contributed by atoms with Crippen LogP contribution in [0.5, 0.6) is 0 Å². The Balaban J connectivity index is 1.80. The second kappa shape index (κ2) is 4.89. The molecule has 1 saturated heterocycles. The Kier molecular flexibility index (Phi) is 3.09. The van der Waals surface area contributed by atoms with E-state index in [0.29, 0.717) is 0 Å². The second-order valence-electron chi connectivity index (χ2n) is 4.91. The molecule has 93 valence electrons. The quantitative estimate of drug-likeness (QED) is 0.787. The number of furan rings is 1. The highest BCUT2D eigenvalue weighted by Crippen LogP contribution is 2.26. The van der Waals surface area contributed by atoms with Gasteiger partial charge in [0.1, 0.15) is 11.5 Å². The first-order chi connectivity index (χ1) is 8.83. The van der Waals surface area contributed by atoms with E-state index in [2.05, 4.69) is 35.2 Å². The second-order valence-corrected chi connectivity index (χ2v) is 4.91. The van der Waals surface area contributed by atoms with Gasteiger partial charge in [0.2, 0.25) is 0 Å². The van der Waals surface area contributed by atoms with Crippen molar-refractivity contribution in [2.24, 2.45) is 0 Å². The molecule has 0 bridgehead atoms. The first-order valence-electron chi connectivity index (χ1n) is 6.66. The zero-order chi connectivity index (χ0) is 12.4. The maximum absolute atomic E-state index is 5.59. The molecule has 1 aliphatic rings. The summed E-state index contributed by atoms with van der Waals surface area (Å²) in [5.74, 6) is 1.74. The number of hydrogen-bond donors (Lipinski definition) is 0. The van der Waals surface area contributed by atoms with Crippen LogP contribution in [0.2, 0.25) is 0 Å². The van der Waals surface area contributed by atoms with Gasteiger partial charge in [-0.2, -0.15) is 0 Å². The van der Waals surface area contributed by atoms with Crippen LogP contribution in [0.4, 0.5) is 5.69 Å². The van der Waals surface area contributed by atoms with Crippen molar-refractivity contribution in [1.82, 2.24) is 0 Å². The summed E-state index contributed by atoms with van der Waals surface area (Å²) in [5.41, 5.74) is 2.45. The van der Waals surface area contributed by atoms with E-state index in [1.54, 1.807) is 0 Å². The number of aryl methyl sites for hydroxylation is 1. The molecule has 0 amide bonds. The summed E-state index contributed by atoms with van der Waals surface area (Å²) in [7, 11) is 0. The molecule has 1 aromatic carbocycles. The molecule has 3 rings (SSSR count). The van der Waals surface area contributed by atoms with E-state index in [9.17, 15) is 0 Å². The fraction of sp³-hybridized carbons (Fsp3) is 0.375. The molecule has 0 N–H and O–H groups in total. The van der Waals surface area contributed by atoms with Gasteiger partial charge in [-0.1, -0.05) is 0 Å². The predicted octanol–water partition coefficient (Wildman–Crippen LogP) is 4.05. The van der Waals surface area contributed by atoms with Gasteiger partial charge < -0.3 is 9.32 Å². The molecule has 1 aromatic heterocycles. The molecule has 2 aromatic rings. The van der Waals surface area contributed by atoms with Crippen LogP contribution >= 0.6 is 0 Å². The lowest BCUT2D eigenvalue weighted by molar-refractivity contribution is 0.547. The normalized spacial score (nSPS) is 15.9. The molecule has 0 unspecified atom stereocenters. The van der Waals surface area contributed by atoms with Gasteiger partial charge in [0.05, 0.1) is 0 Å². The summed E-state index contributed by atoms with van der Waals surface area (Å²) in [5, 5.41) is 0. The van der Waals surface area contributed by atoms with Gasteiger partial charge >= 0.3 is 0 Å². The molecule has 2 heteroatoms. The van der Waals surface area contributed by atoms with E-state index >= 15 is 0 Å². The minimum Gasteiger partial charge on any atom is -0.461 e. The summed E-state index contributed by atoms with van der Waals surface area (Å²) in [6.45, 7) is 4.30. The van der Waals surface area contributed by atoms with Crippen LogP contribution in [0.25, 0.3) is 11.3 Å². The molecule has 0 atom stereocenters. The Morgan fingerprint density at radius 1 is 1.06 bits per heavy atom. The number of rotatable bonds is 2. The van der Waals surface area contributed by atoms with Crippen molar-refractivity contribution in [1.29, 1.82) is 0 Å². The van der Waals surface area contributed by atoms with Crippen LogP contribution in [0.15, 0.2) is 34.7 Å². The number of hydrogen-bond acceptors (Lipinski definition) is 2.